The molecule has 1 aliphatic rings. The Bertz CT molecular complexity index is 1780. The van der Waals surface area contributed by atoms with Gasteiger partial charge in [0, 0.05) is 68.0 Å². The van der Waals surface area contributed by atoms with Gasteiger partial charge in [-0.25, -0.2) is 0 Å². The maximum Gasteiger partial charge on any atom is 0.300 e. The van der Waals surface area contributed by atoms with E-state index in [0.717, 1.165) is 64.9 Å². The molecule has 0 bridgehead atoms. The van der Waals surface area contributed by atoms with E-state index in [0.29, 0.717) is 27.9 Å². The number of rotatable bonds is 7. The Morgan fingerprint density at radius 2 is 1.85 bits per heavy atom. The lowest BCUT2D eigenvalue weighted by atomic mass is 10.2. The van der Waals surface area contributed by atoms with E-state index in [1.165, 1.54) is 5.56 Å². The second-order valence-corrected chi connectivity index (χ2v) is 11.1. The lowest BCUT2D eigenvalue weighted by molar-refractivity contribution is 0.233. The molecule has 0 atom stereocenters. The number of hydrogen-bond acceptors (Lipinski definition) is 9. The fourth-order valence-corrected chi connectivity index (χ4v) is 5.89. The van der Waals surface area contributed by atoms with E-state index in [4.69, 9.17) is 25.7 Å². The molecule has 0 radical (unpaired) electrons. The quantitative estimate of drug-likeness (QED) is 0.211. The molecule has 6 aromatic rings. The van der Waals surface area contributed by atoms with Crippen molar-refractivity contribution in [3.05, 3.63) is 89.7 Å². The van der Waals surface area contributed by atoms with Gasteiger partial charge < -0.3 is 19.8 Å². The molecule has 200 valence electrons. The van der Waals surface area contributed by atoms with Crippen LogP contribution in [0.5, 0.6) is 11.5 Å². The van der Waals surface area contributed by atoms with Crippen LogP contribution in [-0.4, -0.2) is 46.0 Å². The number of piperazine rings is 1. The van der Waals surface area contributed by atoms with Crippen molar-refractivity contribution in [3.63, 3.8) is 0 Å². The Hall–Kier alpha value is -4.02. The molecule has 2 N–H and O–H groups in total. The Kier molecular flexibility index (Phi) is 6.78. The van der Waals surface area contributed by atoms with Crippen molar-refractivity contribution in [3.8, 4) is 22.1 Å². The number of aromatic nitrogens is 3. The molecule has 0 spiro atoms. The second kappa shape index (κ2) is 10.9. The second-order valence-electron chi connectivity index (χ2n) is 9.59. The topological polar surface area (TPSA) is 88.3 Å². The van der Waals surface area contributed by atoms with E-state index in [1.54, 1.807) is 17.5 Å². The van der Waals surface area contributed by atoms with Crippen LogP contribution in [0.1, 0.15) is 5.56 Å². The summed E-state index contributed by atoms with van der Waals surface area (Å²) in [5.41, 5.74) is 5.22. The highest BCUT2D eigenvalue weighted by Gasteiger charge is 2.14. The first-order valence-electron chi connectivity index (χ1n) is 13.0. The van der Waals surface area contributed by atoms with E-state index in [1.807, 2.05) is 54.7 Å². The number of fused-ring (bicyclic) bond motifs is 2. The molecular formula is C30H25ClN6O2S. The van der Waals surface area contributed by atoms with Gasteiger partial charge in [-0.2, -0.15) is 4.98 Å². The molecule has 7 rings (SSSR count). The standard InChI is InChI=1S/C30H25ClN6O2S/c31-20-2-4-21(5-3-20)35-30-36-24-15-22(6-8-26(24)39-30)38-27-9-10-33-25-16-28(40-29(25)27)23-7-1-19(17-34-23)18-37-13-11-32-12-14-37/h1-10,15-17,32H,11-14,18H2,(H,35,36). The molecule has 40 heavy (non-hydrogen) atoms. The van der Waals surface area contributed by atoms with Crippen molar-refractivity contribution in [2.24, 2.45) is 0 Å². The van der Waals surface area contributed by atoms with Crippen molar-refractivity contribution < 1.29 is 9.15 Å². The first-order valence-corrected chi connectivity index (χ1v) is 14.2. The summed E-state index contributed by atoms with van der Waals surface area (Å²) in [4.78, 5) is 17.4. The first kappa shape index (κ1) is 25.0. The minimum atomic E-state index is 0.398. The third-order valence-electron chi connectivity index (χ3n) is 6.75. The largest absolute Gasteiger partial charge is 0.456 e. The molecule has 4 aromatic heterocycles. The number of hydrogen-bond donors (Lipinski definition) is 2. The van der Waals surface area contributed by atoms with E-state index >= 15 is 0 Å². The van der Waals surface area contributed by atoms with Crippen LogP contribution in [0, 0.1) is 0 Å². The maximum absolute atomic E-state index is 6.32. The van der Waals surface area contributed by atoms with Gasteiger partial charge in [-0.05, 0) is 54.1 Å². The number of oxazole rings is 1. The van der Waals surface area contributed by atoms with Crippen LogP contribution in [0.2, 0.25) is 5.02 Å². The summed E-state index contributed by atoms with van der Waals surface area (Å²) in [5, 5.41) is 7.23. The van der Waals surface area contributed by atoms with E-state index < -0.39 is 0 Å². The molecule has 0 saturated carbocycles. The van der Waals surface area contributed by atoms with Gasteiger partial charge in [0.25, 0.3) is 6.01 Å². The Morgan fingerprint density at radius 1 is 0.975 bits per heavy atom. The van der Waals surface area contributed by atoms with Crippen molar-refractivity contribution in [1.29, 1.82) is 0 Å². The fourth-order valence-electron chi connectivity index (χ4n) is 4.72. The van der Waals surface area contributed by atoms with Crippen LogP contribution in [0.3, 0.4) is 0 Å². The van der Waals surface area contributed by atoms with Crippen LogP contribution >= 0.6 is 22.9 Å². The highest BCUT2D eigenvalue weighted by molar-refractivity contribution is 7.22. The summed E-state index contributed by atoms with van der Waals surface area (Å²) in [5.74, 6) is 1.40. The minimum Gasteiger partial charge on any atom is -0.456 e. The normalized spacial score (nSPS) is 14.1. The monoisotopic (exact) mass is 568 g/mol. The zero-order chi connectivity index (χ0) is 26.9. The number of nitrogens with one attached hydrogen (secondary N) is 2. The zero-order valence-corrected chi connectivity index (χ0v) is 23.0. The number of thiophene rings is 1. The number of pyridine rings is 2. The average molecular weight is 569 g/mol. The van der Waals surface area contributed by atoms with Crippen molar-refractivity contribution in [2.45, 2.75) is 6.54 Å². The number of halogens is 1. The molecule has 0 unspecified atom stereocenters. The van der Waals surface area contributed by atoms with E-state index in [2.05, 4.69) is 43.7 Å². The Labute approximate surface area is 239 Å². The number of anilines is 2. The Morgan fingerprint density at radius 3 is 2.67 bits per heavy atom. The summed E-state index contributed by atoms with van der Waals surface area (Å²) in [7, 11) is 0. The van der Waals surface area contributed by atoms with E-state index in [9.17, 15) is 0 Å². The summed E-state index contributed by atoms with van der Waals surface area (Å²) >= 11 is 7.60. The highest BCUT2D eigenvalue weighted by atomic mass is 35.5. The smallest absolute Gasteiger partial charge is 0.300 e. The molecule has 1 saturated heterocycles. The van der Waals surface area contributed by atoms with Crippen LogP contribution in [-0.2, 0) is 6.54 Å². The summed E-state index contributed by atoms with van der Waals surface area (Å²) in [6.45, 7) is 5.14. The first-order chi connectivity index (χ1) is 19.7. The third-order valence-corrected chi connectivity index (χ3v) is 8.16. The lowest BCUT2D eigenvalue weighted by Gasteiger charge is -2.27. The number of nitrogens with zero attached hydrogens (tertiary/aromatic N) is 4. The van der Waals surface area contributed by atoms with Crippen LogP contribution in [0.4, 0.5) is 11.7 Å². The van der Waals surface area contributed by atoms with Gasteiger partial charge in [0.05, 0.1) is 20.8 Å². The average Bonchev–Trinajstić information content (AvgIpc) is 3.60. The molecule has 0 amide bonds. The number of benzene rings is 2. The van der Waals surface area contributed by atoms with Gasteiger partial charge in [-0.3, -0.25) is 14.9 Å². The molecule has 8 nitrogen and oxygen atoms in total. The van der Waals surface area contributed by atoms with Crippen molar-refractivity contribution in [2.75, 3.05) is 31.5 Å². The van der Waals surface area contributed by atoms with E-state index in [-0.39, 0.29) is 0 Å². The van der Waals surface area contributed by atoms with Crippen LogP contribution in [0.25, 0.3) is 31.9 Å². The fraction of sp³-hybridized carbons (Fsp3) is 0.167. The van der Waals surface area contributed by atoms with Crippen LogP contribution in [0.15, 0.2) is 83.5 Å². The molecule has 1 fully saturated rings. The molecule has 5 heterocycles. The molecular weight excluding hydrogens is 544 g/mol. The minimum absolute atomic E-state index is 0.398. The van der Waals surface area contributed by atoms with Gasteiger partial charge >= 0.3 is 0 Å². The molecule has 1 aliphatic heterocycles. The van der Waals surface area contributed by atoms with Crippen LogP contribution < -0.4 is 15.4 Å². The summed E-state index contributed by atoms with van der Waals surface area (Å²) in [6, 6.07) is 21.6. The van der Waals surface area contributed by atoms with Crippen molar-refractivity contribution in [1.82, 2.24) is 25.2 Å². The van der Waals surface area contributed by atoms with Crippen molar-refractivity contribution >= 4 is 56.0 Å². The highest BCUT2D eigenvalue weighted by Crippen LogP contribution is 2.39. The zero-order valence-electron chi connectivity index (χ0n) is 21.4. The van der Waals surface area contributed by atoms with Gasteiger partial charge in [0.2, 0.25) is 0 Å². The predicted octanol–water partition coefficient (Wildman–Crippen LogP) is 7.09. The predicted molar refractivity (Wildman–Crippen MR) is 160 cm³/mol. The summed E-state index contributed by atoms with van der Waals surface area (Å²) in [6.07, 6.45) is 3.75. The third kappa shape index (κ3) is 5.37. The maximum atomic E-state index is 6.32. The molecule has 2 aromatic carbocycles. The van der Waals surface area contributed by atoms with Gasteiger partial charge in [0.15, 0.2) is 5.58 Å². The Balaban J connectivity index is 1.09. The lowest BCUT2D eigenvalue weighted by Crippen LogP contribution is -2.42. The summed E-state index contributed by atoms with van der Waals surface area (Å²) < 4.78 is 13.1. The number of ether oxygens (including phenoxy) is 1. The molecule has 10 heteroatoms. The van der Waals surface area contributed by atoms with Gasteiger partial charge in [0.1, 0.15) is 17.0 Å². The van der Waals surface area contributed by atoms with Gasteiger partial charge in [-0.1, -0.05) is 17.7 Å². The SMILES string of the molecule is Clc1ccc(Nc2nc3cc(Oc4ccnc5cc(-c6ccc(CN7CCNCC7)cn6)sc45)ccc3o2)cc1. The van der Waals surface area contributed by atoms with Gasteiger partial charge in [-0.15, -0.1) is 11.3 Å². The molecule has 0 aliphatic carbocycles.